The van der Waals surface area contributed by atoms with E-state index in [4.69, 9.17) is 4.74 Å². The lowest BCUT2D eigenvalue weighted by molar-refractivity contribution is 0.177. The second-order valence-electron chi connectivity index (χ2n) is 5.74. The average molecular weight is 379 g/mol. The number of amides is 1. The highest BCUT2D eigenvalue weighted by Crippen LogP contribution is 2.17. The number of hydrogen-bond acceptors (Lipinski definition) is 4. The number of benzene rings is 1. The molecule has 0 bridgehead atoms. The van der Waals surface area contributed by atoms with Crippen LogP contribution in [0, 0.1) is 23.5 Å². The zero-order valence-electron chi connectivity index (χ0n) is 14.6. The van der Waals surface area contributed by atoms with Crippen molar-refractivity contribution in [2.24, 2.45) is 0 Å². The predicted octanol–water partition coefficient (Wildman–Crippen LogP) is 3.62. The summed E-state index contributed by atoms with van der Waals surface area (Å²) in [6.07, 6.45) is 5.41. The Kier molecular flexibility index (Phi) is 6.26. The number of rotatable bonds is 1. The molecule has 1 fully saturated rings. The van der Waals surface area contributed by atoms with Crippen molar-refractivity contribution in [3.63, 3.8) is 0 Å². The molecule has 5 nitrogen and oxygen atoms in total. The van der Waals surface area contributed by atoms with E-state index in [1.807, 2.05) is 6.07 Å². The average Bonchev–Trinajstić information content (AvgIpc) is 3.14. The van der Waals surface area contributed by atoms with Crippen LogP contribution in [0.3, 0.4) is 0 Å². The Hall–Kier alpha value is -3.79. The topological polar surface area (TPSA) is 64.1 Å². The van der Waals surface area contributed by atoms with Crippen LogP contribution in [-0.4, -0.2) is 22.7 Å². The molecule has 0 saturated carbocycles. The molecule has 1 N–H and O–H groups in total. The smallest absolute Gasteiger partial charge is 0.407 e. The Labute approximate surface area is 160 Å². The van der Waals surface area contributed by atoms with E-state index in [0.717, 1.165) is 11.8 Å². The highest BCUT2D eigenvalue weighted by atomic mass is 19.1. The summed E-state index contributed by atoms with van der Waals surface area (Å²) in [4.78, 5) is 18.8. The first-order valence-electron chi connectivity index (χ1n) is 8.31. The summed E-state index contributed by atoms with van der Waals surface area (Å²) in [5, 5.41) is 2.67. The lowest BCUT2D eigenvalue weighted by atomic mass is 10.1. The van der Waals surface area contributed by atoms with Crippen molar-refractivity contribution in [2.45, 2.75) is 6.04 Å². The number of aromatic nitrogens is 2. The largest absolute Gasteiger partial charge is 0.447 e. The number of pyridine rings is 2. The molecule has 28 heavy (non-hydrogen) atoms. The van der Waals surface area contributed by atoms with Gasteiger partial charge in [0.1, 0.15) is 18.2 Å². The Morgan fingerprint density at radius 3 is 2.18 bits per heavy atom. The molecule has 140 valence electrons. The third kappa shape index (κ3) is 5.61. The summed E-state index contributed by atoms with van der Waals surface area (Å²) in [6, 6.07) is 10.8. The maximum Gasteiger partial charge on any atom is 0.407 e. The first-order valence-corrected chi connectivity index (χ1v) is 8.31. The molecule has 3 aromatic rings. The fourth-order valence-electron chi connectivity index (χ4n) is 2.32. The van der Waals surface area contributed by atoms with Gasteiger partial charge in [-0.2, -0.15) is 0 Å². The summed E-state index contributed by atoms with van der Waals surface area (Å²) in [6.45, 7) is 0.269. The van der Waals surface area contributed by atoms with Crippen LogP contribution < -0.4 is 5.32 Å². The minimum Gasteiger partial charge on any atom is -0.447 e. The number of alkyl carbamates (subject to hydrolysis) is 1. The van der Waals surface area contributed by atoms with E-state index in [1.54, 1.807) is 30.6 Å². The predicted molar refractivity (Wildman–Crippen MR) is 98.0 cm³/mol. The van der Waals surface area contributed by atoms with Gasteiger partial charge in [0.15, 0.2) is 0 Å². The molecule has 0 aliphatic carbocycles. The molecule has 1 atom stereocenters. The molecule has 4 rings (SSSR count). The quantitative estimate of drug-likeness (QED) is 0.656. The van der Waals surface area contributed by atoms with E-state index in [-0.39, 0.29) is 18.5 Å². The van der Waals surface area contributed by atoms with Gasteiger partial charge in [-0.15, -0.1) is 0 Å². The van der Waals surface area contributed by atoms with Gasteiger partial charge in [-0.1, -0.05) is 30.0 Å². The number of hydrogen-bond donors (Lipinski definition) is 1. The summed E-state index contributed by atoms with van der Waals surface area (Å²) in [7, 11) is 0. The van der Waals surface area contributed by atoms with Gasteiger partial charge in [-0.25, -0.2) is 13.6 Å². The summed E-state index contributed by atoms with van der Waals surface area (Å²) >= 11 is 0. The number of halogens is 2. The van der Waals surface area contributed by atoms with Gasteiger partial charge < -0.3 is 10.1 Å². The second kappa shape index (κ2) is 9.24. The molecule has 0 radical (unpaired) electrons. The van der Waals surface area contributed by atoms with Crippen molar-refractivity contribution in [3.05, 3.63) is 95.6 Å². The van der Waals surface area contributed by atoms with Gasteiger partial charge in [0, 0.05) is 29.7 Å². The Bertz CT molecular complexity index is 1020. The third-order valence-electron chi connectivity index (χ3n) is 3.62. The first-order chi connectivity index (χ1) is 13.6. The normalized spacial score (nSPS) is 14.6. The minimum absolute atomic E-state index is 0.178. The van der Waals surface area contributed by atoms with Crippen LogP contribution in [-0.2, 0) is 4.74 Å². The maximum absolute atomic E-state index is 13.0. The van der Waals surface area contributed by atoms with Gasteiger partial charge in [-0.05, 0) is 29.8 Å². The Morgan fingerprint density at radius 2 is 1.61 bits per heavy atom. The lowest BCUT2D eigenvalue weighted by Gasteiger charge is -2.06. The second-order valence-corrected chi connectivity index (χ2v) is 5.74. The van der Waals surface area contributed by atoms with E-state index in [0.29, 0.717) is 11.1 Å². The van der Waals surface area contributed by atoms with Crippen LogP contribution >= 0.6 is 0 Å². The maximum atomic E-state index is 13.0. The van der Waals surface area contributed by atoms with Crippen molar-refractivity contribution >= 4 is 6.09 Å². The van der Waals surface area contributed by atoms with Gasteiger partial charge in [-0.3, -0.25) is 9.97 Å². The zero-order chi connectivity index (χ0) is 19.8. The van der Waals surface area contributed by atoms with Gasteiger partial charge in [0.05, 0.1) is 12.2 Å². The number of nitrogens with one attached hydrogen (secondary N) is 1. The first kappa shape index (κ1) is 19.0. The van der Waals surface area contributed by atoms with E-state index in [9.17, 15) is 13.6 Å². The number of nitrogens with zero attached hydrogens (tertiary/aromatic N) is 2. The van der Waals surface area contributed by atoms with Crippen molar-refractivity contribution in [2.75, 3.05) is 6.61 Å². The number of ether oxygens (including phenoxy) is 1. The van der Waals surface area contributed by atoms with Crippen LogP contribution in [0.15, 0.2) is 67.3 Å². The molecule has 7 heteroatoms. The van der Waals surface area contributed by atoms with Crippen LogP contribution in [0.2, 0.25) is 0 Å². The van der Waals surface area contributed by atoms with Crippen LogP contribution in [0.1, 0.15) is 22.7 Å². The van der Waals surface area contributed by atoms with E-state index in [2.05, 4.69) is 27.1 Å². The van der Waals surface area contributed by atoms with E-state index < -0.39 is 11.9 Å². The number of carbonyl (C=O) groups is 1. The summed E-state index contributed by atoms with van der Waals surface area (Å²) < 4.78 is 29.7. The third-order valence-corrected chi connectivity index (χ3v) is 3.62. The summed E-state index contributed by atoms with van der Waals surface area (Å²) in [5.41, 5.74) is 1.96. The summed E-state index contributed by atoms with van der Waals surface area (Å²) in [5.74, 6) is 5.10. The number of carbonyl (C=O) groups excluding carboxylic acids is 1. The molecular weight excluding hydrogens is 364 g/mol. The molecule has 1 saturated heterocycles. The highest BCUT2D eigenvalue weighted by molar-refractivity contribution is 5.70. The lowest BCUT2D eigenvalue weighted by Crippen LogP contribution is -2.18. The molecular formula is C21H15F2N3O2. The van der Waals surface area contributed by atoms with Crippen molar-refractivity contribution < 1.29 is 18.3 Å². The Balaban J connectivity index is 0.000000271. The SMILES string of the molecule is Fc1ccccc1.O=C1N[C@H](c2cncc(C#Cc3cncc(F)c3)c2)CO1. The van der Waals surface area contributed by atoms with E-state index in [1.165, 1.54) is 24.4 Å². The minimum atomic E-state index is -0.442. The fourth-order valence-corrected chi connectivity index (χ4v) is 2.32. The zero-order valence-corrected chi connectivity index (χ0v) is 14.6. The van der Waals surface area contributed by atoms with Crippen molar-refractivity contribution in [1.29, 1.82) is 0 Å². The highest BCUT2D eigenvalue weighted by Gasteiger charge is 2.23. The van der Waals surface area contributed by atoms with Gasteiger partial charge in [0.25, 0.3) is 0 Å². The molecule has 0 unspecified atom stereocenters. The van der Waals surface area contributed by atoms with Crippen LogP contribution in [0.25, 0.3) is 0 Å². The standard InChI is InChI=1S/C15H10FN3O2.C6H5F/c16-13-4-11(6-18-8-13)2-1-10-3-12(7-17-5-10)14-9-21-15(20)19-14;7-6-4-2-1-3-5-6/h3-8,14H,9H2,(H,19,20);1-5H/t14-;/m0./s1. The fraction of sp³-hybridized carbons (Fsp3) is 0.0952. The van der Waals surface area contributed by atoms with Crippen molar-refractivity contribution in [3.8, 4) is 11.8 Å². The van der Waals surface area contributed by atoms with E-state index >= 15 is 0 Å². The monoisotopic (exact) mass is 379 g/mol. The van der Waals surface area contributed by atoms with Crippen LogP contribution in [0.4, 0.5) is 13.6 Å². The molecule has 1 aromatic carbocycles. The molecule has 1 aliphatic heterocycles. The Morgan fingerprint density at radius 1 is 0.929 bits per heavy atom. The van der Waals surface area contributed by atoms with Gasteiger partial charge in [0.2, 0.25) is 0 Å². The molecule has 0 spiro atoms. The van der Waals surface area contributed by atoms with Crippen molar-refractivity contribution in [1.82, 2.24) is 15.3 Å². The van der Waals surface area contributed by atoms with Crippen LogP contribution in [0.5, 0.6) is 0 Å². The molecule has 2 aromatic heterocycles. The van der Waals surface area contributed by atoms with Gasteiger partial charge >= 0.3 is 6.09 Å². The molecule has 1 amide bonds. The number of cyclic esters (lactones) is 1. The molecule has 3 heterocycles. The molecule has 1 aliphatic rings.